The summed E-state index contributed by atoms with van der Waals surface area (Å²) in [6.07, 6.45) is 6.24. The van der Waals surface area contributed by atoms with Crippen LogP contribution in [0.5, 0.6) is 5.75 Å². The minimum atomic E-state index is -1.51. The van der Waals surface area contributed by atoms with Gasteiger partial charge in [-0.05, 0) is 42.3 Å². The molecule has 3 heterocycles. The van der Waals surface area contributed by atoms with Crippen molar-refractivity contribution in [3.8, 4) is 5.75 Å². The van der Waals surface area contributed by atoms with E-state index in [0.29, 0.717) is 35.8 Å². The Kier molecular flexibility index (Phi) is 6.16. The minimum absolute atomic E-state index is 0.0595. The highest BCUT2D eigenvalue weighted by Gasteiger charge is 2.53. The van der Waals surface area contributed by atoms with Gasteiger partial charge >= 0.3 is 6.03 Å². The molecule has 2 aliphatic heterocycles. The van der Waals surface area contributed by atoms with Crippen LogP contribution in [-0.2, 0) is 23.3 Å². The average Bonchev–Trinajstić information content (AvgIpc) is 3.42. The third kappa shape index (κ3) is 3.97. The van der Waals surface area contributed by atoms with E-state index >= 15 is 0 Å². The zero-order valence-corrected chi connectivity index (χ0v) is 20.1. The van der Waals surface area contributed by atoms with Gasteiger partial charge in [0.1, 0.15) is 17.3 Å². The molecule has 1 saturated heterocycles. The normalized spacial score (nSPS) is 20.8. The smallest absolute Gasteiger partial charge is 0.322 e. The molecule has 33 heavy (non-hydrogen) atoms. The van der Waals surface area contributed by atoms with Crippen LogP contribution in [0.15, 0.2) is 45.3 Å². The number of hydrogen-bond acceptors (Lipinski definition) is 5. The molecule has 4 amide bonds. The largest absolute Gasteiger partial charge is 0.497 e. The second-order valence-corrected chi connectivity index (χ2v) is 8.54. The summed E-state index contributed by atoms with van der Waals surface area (Å²) in [6.45, 7) is 4.26. The Bertz CT molecular complexity index is 1200. The van der Waals surface area contributed by atoms with Gasteiger partial charge in [-0.1, -0.05) is 41.9 Å². The number of imide groups is 1. The number of furan rings is 1. The molecule has 2 N–H and O–H groups in total. The fourth-order valence-electron chi connectivity index (χ4n) is 4.12. The van der Waals surface area contributed by atoms with Crippen LogP contribution < -0.4 is 15.4 Å². The summed E-state index contributed by atoms with van der Waals surface area (Å²) in [4.78, 5) is 39.7. The van der Waals surface area contributed by atoms with Crippen molar-refractivity contribution >= 4 is 39.9 Å². The van der Waals surface area contributed by atoms with Crippen LogP contribution in [0.25, 0.3) is 6.08 Å². The molecule has 5 rings (SSSR count). The van der Waals surface area contributed by atoms with Gasteiger partial charge in [0.05, 0.1) is 13.7 Å². The molecule has 8 nitrogen and oxygen atoms in total. The molecule has 2 aromatic rings. The Morgan fingerprint density at radius 3 is 2.64 bits per heavy atom. The molecule has 9 heteroatoms. The SMILES string of the molecule is CC.COc1ccc2c(c1)C(=O)N(C[C@@]1(c3cc4c(o3)C=CC(Br)=CC4)NC(=O)NC1=O)C2. The molecule has 3 aliphatic rings. The van der Waals surface area contributed by atoms with Crippen molar-refractivity contribution in [3.63, 3.8) is 0 Å². The summed E-state index contributed by atoms with van der Waals surface area (Å²) in [5.74, 6) is 0.690. The van der Waals surface area contributed by atoms with Crippen LogP contribution in [-0.4, -0.2) is 36.4 Å². The number of ether oxygens (including phenoxy) is 1. The summed E-state index contributed by atoms with van der Waals surface area (Å²) >= 11 is 3.44. The Labute approximate surface area is 199 Å². The number of halogens is 1. The molecule has 1 atom stereocenters. The lowest BCUT2D eigenvalue weighted by Crippen LogP contribution is -2.52. The van der Waals surface area contributed by atoms with Gasteiger partial charge in [-0.25, -0.2) is 4.79 Å². The first kappa shape index (κ1) is 22.8. The first-order valence-electron chi connectivity index (χ1n) is 10.7. The maximum Gasteiger partial charge on any atom is 0.322 e. The van der Waals surface area contributed by atoms with Gasteiger partial charge < -0.3 is 19.4 Å². The topological polar surface area (TPSA) is 101 Å². The van der Waals surface area contributed by atoms with Gasteiger partial charge in [-0.3, -0.25) is 14.9 Å². The van der Waals surface area contributed by atoms with Crippen molar-refractivity contribution in [1.29, 1.82) is 0 Å². The summed E-state index contributed by atoms with van der Waals surface area (Å²) in [6, 6.07) is 6.44. The Morgan fingerprint density at radius 2 is 1.94 bits per heavy atom. The Hall–Kier alpha value is -3.33. The van der Waals surface area contributed by atoms with E-state index in [0.717, 1.165) is 15.6 Å². The van der Waals surface area contributed by atoms with Crippen molar-refractivity contribution in [2.24, 2.45) is 0 Å². The number of nitrogens with one attached hydrogen (secondary N) is 2. The number of carbonyl (C=O) groups excluding carboxylic acids is 3. The van der Waals surface area contributed by atoms with Gasteiger partial charge in [0.25, 0.3) is 11.8 Å². The fourth-order valence-corrected chi connectivity index (χ4v) is 4.41. The van der Waals surface area contributed by atoms with Crippen molar-refractivity contribution in [3.05, 3.63) is 69.1 Å². The summed E-state index contributed by atoms with van der Waals surface area (Å²) < 4.78 is 12.2. The number of nitrogens with zero attached hydrogens (tertiary/aromatic N) is 1. The lowest BCUT2D eigenvalue weighted by Gasteiger charge is -2.29. The first-order chi connectivity index (χ1) is 15.9. The van der Waals surface area contributed by atoms with E-state index in [1.807, 2.05) is 32.1 Å². The van der Waals surface area contributed by atoms with E-state index in [1.165, 1.54) is 12.0 Å². The monoisotopic (exact) mass is 513 g/mol. The van der Waals surface area contributed by atoms with E-state index in [-0.39, 0.29) is 12.5 Å². The van der Waals surface area contributed by atoms with Crippen LogP contribution in [0.4, 0.5) is 4.79 Å². The summed E-state index contributed by atoms with van der Waals surface area (Å²) in [7, 11) is 1.54. The zero-order valence-electron chi connectivity index (χ0n) is 18.5. The van der Waals surface area contributed by atoms with Crippen molar-refractivity contribution < 1.29 is 23.5 Å². The molecular formula is C24H24BrN3O5. The summed E-state index contributed by atoms with van der Waals surface area (Å²) in [5, 5.41) is 4.99. The van der Waals surface area contributed by atoms with E-state index in [4.69, 9.17) is 9.15 Å². The van der Waals surface area contributed by atoms with E-state index in [9.17, 15) is 14.4 Å². The third-order valence-corrected chi connectivity index (χ3v) is 6.33. The fraction of sp³-hybridized carbons (Fsp3) is 0.292. The van der Waals surface area contributed by atoms with Crippen LogP contribution in [0, 0.1) is 0 Å². The quantitative estimate of drug-likeness (QED) is 0.604. The third-order valence-electron chi connectivity index (χ3n) is 5.74. The highest BCUT2D eigenvalue weighted by Crippen LogP contribution is 2.35. The lowest BCUT2D eigenvalue weighted by molar-refractivity contribution is -0.125. The number of urea groups is 1. The molecule has 1 aliphatic carbocycles. The molecule has 1 aromatic heterocycles. The predicted octanol–water partition coefficient (Wildman–Crippen LogP) is 3.85. The molecule has 0 saturated carbocycles. The van der Waals surface area contributed by atoms with Crippen LogP contribution in [0.1, 0.15) is 46.9 Å². The second-order valence-electron chi connectivity index (χ2n) is 7.62. The molecule has 0 bridgehead atoms. The van der Waals surface area contributed by atoms with Gasteiger partial charge in [0.15, 0.2) is 5.54 Å². The lowest BCUT2D eigenvalue weighted by atomic mass is 9.94. The average molecular weight is 514 g/mol. The predicted molar refractivity (Wildman–Crippen MR) is 126 cm³/mol. The number of amides is 4. The zero-order chi connectivity index (χ0) is 23.8. The number of hydrogen-bond donors (Lipinski definition) is 2. The van der Waals surface area contributed by atoms with Crippen LogP contribution in [0.3, 0.4) is 0 Å². The van der Waals surface area contributed by atoms with E-state index in [2.05, 4.69) is 26.6 Å². The van der Waals surface area contributed by atoms with E-state index in [1.54, 1.807) is 24.3 Å². The van der Waals surface area contributed by atoms with Crippen molar-refractivity contribution in [2.75, 3.05) is 13.7 Å². The molecule has 0 unspecified atom stereocenters. The Morgan fingerprint density at radius 1 is 1.15 bits per heavy atom. The Balaban J connectivity index is 0.00000126. The molecular weight excluding hydrogens is 490 g/mol. The first-order valence-corrected chi connectivity index (χ1v) is 11.5. The number of fused-ring (bicyclic) bond motifs is 2. The van der Waals surface area contributed by atoms with Crippen molar-refractivity contribution in [2.45, 2.75) is 32.4 Å². The van der Waals surface area contributed by atoms with Gasteiger partial charge in [-0.2, -0.15) is 0 Å². The standard InChI is InChI=1S/C22H18BrN3O5.C2H6/c1-30-15-6-3-13-10-26(19(27)16(13)9-15)11-22(20(28)24-21(29)25-22)18-8-12-2-4-14(23)5-7-17(12)31-18;1-2/h3-9H,2,10-11H2,1H3,(H2,24,25,28,29);1-2H3/t22-;/m0./s1. The number of methoxy groups -OCH3 is 1. The van der Waals surface area contributed by atoms with Gasteiger partial charge in [0.2, 0.25) is 0 Å². The van der Waals surface area contributed by atoms with Gasteiger partial charge in [0, 0.05) is 22.2 Å². The summed E-state index contributed by atoms with van der Waals surface area (Å²) in [5.41, 5.74) is 0.723. The number of carbonyl (C=O) groups is 3. The molecule has 1 fully saturated rings. The second kappa shape index (κ2) is 8.90. The molecule has 1 aromatic carbocycles. The molecule has 0 spiro atoms. The highest BCUT2D eigenvalue weighted by molar-refractivity contribution is 9.11. The minimum Gasteiger partial charge on any atom is -0.497 e. The number of rotatable bonds is 4. The highest BCUT2D eigenvalue weighted by atomic mass is 79.9. The molecule has 0 radical (unpaired) electrons. The van der Waals surface area contributed by atoms with Crippen molar-refractivity contribution in [1.82, 2.24) is 15.5 Å². The van der Waals surface area contributed by atoms with Crippen LogP contribution >= 0.6 is 15.9 Å². The number of allylic oxidation sites excluding steroid dienone is 3. The maximum absolute atomic E-state index is 13.1. The van der Waals surface area contributed by atoms with Gasteiger partial charge in [-0.15, -0.1) is 0 Å². The molecule has 172 valence electrons. The van der Waals surface area contributed by atoms with E-state index < -0.39 is 17.5 Å². The van der Waals surface area contributed by atoms with Crippen LogP contribution in [0.2, 0.25) is 0 Å². The maximum atomic E-state index is 13.1. The number of benzene rings is 1.